The first-order chi connectivity index (χ1) is 9.96. The Morgan fingerprint density at radius 1 is 1.38 bits per heavy atom. The van der Waals surface area contributed by atoms with Crippen LogP contribution < -0.4 is 5.32 Å². The summed E-state index contributed by atoms with van der Waals surface area (Å²) in [6.07, 6.45) is 0.830. The minimum absolute atomic E-state index is 0.0507. The molecule has 0 radical (unpaired) electrons. The molecule has 1 saturated heterocycles. The predicted molar refractivity (Wildman–Crippen MR) is 79.4 cm³/mol. The van der Waals surface area contributed by atoms with Gasteiger partial charge < -0.3 is 10.1 Å². The number of carbonyl (C=O) groups is 1. The van der Waals surface area contributed by atoms with Crippen LogP contribution in [0.15, 0.2) is 24.3 Å². The number of nitrogens with zero attached hydrogens (tertiary/aromatic N) is 1. The van der Waals surface area contributed by atoms with Crippen molar-refractivity contribution in [3.8, 4) is 0 Å². The highest BCUT2D eigenvalue weighted by Crippen LogP contribution is 2.18. The summed E-state index contributed by atoms with van der Waals surface area (Å²) in [6.45, 7) is 1.06. The van der Waals surface area contributed by atoms with E-state index >= 15 is 0 Å². The van der Waals surface area contributed by atoms with Gasteiger partial charge in [0.25, 0.3) is 0 Å². The first-order valence-electron chi connectivity index (χ1n) is 6.78. The van der Waals surface area contributed by atoms with Gasteiger partial charge in [-0.15, -0.1) is 0 Å². The number of hydrogen-bond donors (Lipinski definition) is 1. The quantitative estimate of drug-likeness (QED) is 0.806. The molecule has 1 aliphatic rings. The van der Waals surface area contributed by atoms with Gasteiger partial charge in [0.15, 0.2) is 0 Å². The standard InChI is InChI=1S/C14H20N2O4S/c1-15-13-7-8-16(9-13)21(18,19)10-11-3-5-12(6-4-11)14(17)20-2/h3-6,13,15H,7-10H2,1-2H3. The Bertz CT molecular complexity index is 598. The third kappa shape index (κ3) is 3.81. The minimum Gasteiger partial charge on any atom is -0.465 e. The molecule has 2 rings (SSSR count). The van der Waals surface area contributed by atoms with Crippen LogP contribution in [0.4, 0.5) is 0 Å². The summed E-state index contributed by atoms with van der Waals surface area (Å²) in [5, 5.41) is 3.10. The molecule has 21 heavy (non-hydrogen) atoms. The molecule has 1 fully saturated rings. The second kappa shape index (κ2) is 6.55. The zero-order valence-electron chi connectivity index (χ0n) is 12.2. The maximum atomic E-state index is 12.3. The fraction of sp³-hybridized carbons (Fsp3) is 0.500. The van der Waals surface area contributed by atoms with Crippen molar-refractivity contribution in [2.75, 3.05) is 27.2 Å². The van der Waals surface area contributed by atoms with Crippen LogP contribution in [0.1, 0.15) is 22.3 Å². The topological polar surface area (TPSA) is 75.7 Å². The van der Waals surface area contributed by atoms with Crippen molar-refractivity contribution in [3.05, 3.63) is 35.4 Å². The first-order valence-corrected chi connectivity index (χ1v) is 8.39. The lowest BCUT2D eigenvalue weighted by molar-refractivity contribution is 0.0600. The monoisotopic (exact) mass is 312 g/mol. The van der Waals surface area contributed by atoms with Gasteiger partial charge in [-0.1, -0.05) is 12.1 Å². The van der Waals surface area contributed by atoms with E-state index in [1.807, 2.05) is 7.05 Å². The molecular formula is C14H20N2O4S. The Balaban J connectivity index is 2.05. The van der Waals surface area contributed by atoms with Gasteiger partial charge in [0.05, 0.1) is 18.4 Å². The van der Waals surface area contributed by atoms with E-state index in [2.05, 4.69) is 10.1 Å². The van der Waals surface area contributed by atoms with Crippen molar-refractivity contribution in [2.45, 2.75) is 18.2 Å². The van der Waals surface area contributed by atoms with E-state index in [1.54, 1.807) is 24.3 Å². The molecule has 6 nitrogen and oxygen atoms in total. The smallest absolute Gasteiger partial charge is 0.337 e. The zero-order valence-corrected chi connectivity index (χ0v) is 13.0. The lowest BCUT2D eigenvalue weighted by atomic mass is 10.1. The van der Waals surface area contributed by atoms with Crippen LogP contribution >= 0.6 is 0 Å². The third-order valence-electron chi connectivity index (χ3n) is 3.68. The summed E-state index contributed by atoms with van der Waals surface area (Å²) in [5.74, 6) is -0.481. The molecule has 1 aromatic rings. The van der Waals surface area contributed by atoms with Crippen molar-refractivity contribution >= 4 is 16.0 Å². The maximum absolute atomic E-state index is 12.3. The van der Waals surface area contributed by atoms with Crippen LogP contribution in [0, 0.1) is 0 Å². The van der Waals surface area contributed by atoms with Gasteiger partial charge in [-0.05, 0) is 31.2 Å². The Hall–Kier alpha value is -1.44. The average Bonchev–Trinajstić information content (AvgIpc) is 2.96. The molecule has 0 spiro atoms. The van der Waals surface area contributed by atoms with Gasteiger partial charge >= 0.3 is 5.97 Å². The summed E-state index contributed by atoms with van der Waals surface area (Å²) in [6, 6.07) is 6.68. The van der Waals surface area contributed by atoms with Gasteiger partial charge in [0.2, 0.25) is 10.0 Å². The molecule has 7 heteroatoms. The van der Waals surface area contributed by atoms with Crippen LogP contribution in [0.5, 0.6) is 0 Å². The van der Waals surface area contributed by atoms with Crippen LogP contribution in [-0.2, 0) is 20.5 Å². The highest BCUT2D eigenvalue weighted by atomic mass is 32.2. The molecular weight excluding hydrogens is 292 g/mol. The fourth-order valence-corrected chi connectivity index (χ4v) is 3.96. The maximum Gasteiger partial charge on any atom is 0.337 e. The van der Waals surface area contributed by atoms with E-state index in [4.69, 9.17) is 0 Å². The largest absolute Gasteiger partial charge is 0.465 e. The molecule has 0 saturated carbocycles. The molecule has 1 unspecified atom stereocenters. The molecule has 0 amide bonds. The summed E-state index contributed by atoms with van der Waals surface area (Å²) < 4.78 is 30.8. The summed E-state index contributed by atoms with van der Waals surface area (Å²) in [5.41, 5.74) is 1.07. The van der Waals surface area contributed by atoms with Gasteiger partial charge in [-0.2, -0.15) is 0 Å². The van der Waals surface area contributed by atoms with Crippen molar-refractivity contribution in [2.24, 2.45) is 0 Å². The number of rotatable bonds is 5. The Kier molecular flexibility index (Phi) is 4.97. The number of ether oxygens (including phenoxy) is 1. The van der Waals surface area contributed by atoms with Crippen molar-refractivity contribution in [1.82, 2.24) is 9.62 Å². The van der Waals surface area contributed by atoms with E-state index in [9.17, 15) is 13.2 Å². The summed E-state index contributed by atoms with van der Waals surface area (Å²) in [4.78, 5) is 11.3. The lowest BCUT2D eigenvalue weighted by Gasteiger charge is -2.16. The van der Waals surface area contributed by atoms with Gasteiger partial charge in [0.1, 0.15) is 0 Å². The number of sulfonamides is 1. The van der Waals surface area contributed by atoms with E-state index in [0.29, 0.717) is 24.2 Å². The summed E-state index contributed by atoms with van der Waals surface area (Å²) >= 11 is 0. The molecule has 1 N–H and O–H groups in total. The van der Waals surface area contributed by atoms with Crippen LogP contribution in [-0.4, -0.2) is 52.0 Å². The number of carbonyl (C=O) groups excluding carboxylic acids is 1. The van der Waals surface area contributed by atoms with Crippen LogP contribution in [0.2, 0.25) is 0 Å². The Morgan fingerprint density at radius 2 is 2.05 bits per heavy atom. The van der Waals surface area contributed by atoms with E-state index in [0.717, 1.165) is 6.42 Å². The van der Waals surface area contributed by atoms with Crippen molar-refractivity contribution in [1.29, 1.82) is 0 Å². The second-order valence-electron chi connectivity index (χ2n) is 5.08. The van der Waals surface area contributed by atoms with E-state index in [-0.39, 0.29) is 11.8 Å². The molecule has 1 aromatic carbocycles. The highest BCUT2D eigenvalue weighted by Gasteiger charge is 2.30. The van der Waals surface area contributed by atoms with Gasteiger partial charge in [0, 0.05) is 19.1 Å². The fourth-order valence-electron chi connectivity index (χ4n) is 2.37. The van der Waals surface area contributed by atoms with Crippen molar-refractivity contribution < 1.29 is 17.9 Å². The molecule has 0 aliphatic carbocycles. The molecule has 1 aliphatic heterocycles. The van der Waals surface area contributed by atoms with E-state index in [1.165, 1.54) is 11.4 Å². The third-order valence-corrected chi connectivity index (χ3v) is 5.49. The molecule has 0 aromatic heterocycles. The predicted octanol–water partition coefficient (Wildman–Crippen LogP) is 0.597. The number of methoxy groups -OCH3 is 1. The molecule has 116 valence electrons. The second-order valence-corrected chi connectivity index (χ2v) is 7.05. The number of likely N-dealkylation sites (N-methyl/N-ethyl adjacent to an activating group) is 1. The SMILES string of the molecule is CNC1CCN(S(=O)(=O)Cc2ccc(C(=O)OC)cc2)C1. The molecule has 0 bridgehead atoms. The zero-order chi connectivity index (χ0) is 15.5. The normalized spacial score (nSPS) is 19.6. The summed E-state index contributed by atoms with van der Waals surface area (Å²) in [7, 11) is -0.166. The number of benzene rings is 1. The van der Waals surface area contributed by atoms with Crippen LogP contribution in [0.3, 0.4) is 0 Å². The average molecular weight is 312 g/mol. The molecule has 1 atom stereocenters. The first kappa shape index (κ1) is 15.9. The molecule has 1 heterocycles. The lowest BCUT2D eigenvalue weighted by Crippen LogP contribution is -2.34. The minimum atomic E-state index is -3.32. The van der Waals surface area contributed by atoms with E-state index < -0.39 is 16.0 Å². The van der Waals surface area contributed by atoms with Gasteiger partial charge in [-0.25, -0.2) is 17.5 Å². The van der Waals surface area contributed by atoms with Crippen molar-refractivity contribution in [3.63, 3.8) is 0 Å². The van der Waals surface area contributed by atoms with Gasteiger partial charge in [-0.3, -0.25) is 0 Å². The number of nitrogens with one attached hydrogen (secondary N) is 1. The Labute approximate surface area is 125 Å². The number of hydrogen-bond acceptors (Lipinski definition) is 5. The number of esters is 1. The highest BCUT2D eigenvalue weighted by molar-refractivity contribution is 7.88. The Morgan fingerprint density at radius 3 is 2.57 bits per heavy atom. The van der Waals surface area contributed by atoms with Crippen LogP contribution in [0.25, 0.3) is 0 Å².